The second kappa shape index (κ2) is 1.99. The molecule has 0 spiro atoms. The van der Waals surface area contributed by atoms with Crippen LogP contribution in [0.15, 0.2) is 11.8 Å². The van der Waals surface area contributed by atoms with Crippen LogP contribution in [0.5, 0.6) is 0 Å². The van der Waals surface area contributed by atoms with E-state index in [1.165, 1.54) is 4.74 Å². The van der Waals surface area contributed by atoms with Crippen LogP contribution >= 0.6 is 0 Å². The molecule has 2 heteroatoms. The minimum Gasteiger partial charge on any atom is -0.285 e. The lowest BCUT2D eigenvalue weighted by Gasteiger charge is -1.95. The minimum absolute atomic E-state index is 0.927. The summed E-state index contributed by atoms with van der Waals surface area (Å²) in [5, 5.41) is 8.89. The van der Waals surface area contributed by atoms with Crippen LogP contribution in [0.3, 0.4) is 0 Å². The van der Waals surface area contributed by atoms with Crippen molar-refractivity contribution >= 4 is 6.21 Å². The summed E-state index contributed by atoms with van der Waals surface area (Å²) in [6.45, 7) is 1.88. The minimum atomic E-state index is 0.927. The summed E-state index contributed by atoms with van der Waals surface area (Å²) < 4.78 is 1.17. The molecule has 1 rings (SSSR count). The quantitative estimate of drug-likeness (QED) is 0.369. The van der Waals surface area contributed by atoms with Crippen LogP contribution in [0.1, 0.15) is 19.8 Å². The van der Waals surface area contributed by atoms with Gasteiger partial charge in [-0.05, 0) is 17.2 Å². The lowest BCUT2D eigenvalue weighted by atomic mass is 10.2. The summed E-state index contributed by atoms with van der Waals surface area (Å²) in [6.07, 6.45) is 5.80. The van der Waals surface area contributed by atoms with Crippen molar-refractivity contribution in [2.24, 2.45) is 0 Å². The highest BCUT2D eigenvalue weighted by Crippen LogP contribution is 2.02. The third kappa shape index (κ3) is 0.886. The number of hydroxylamine groups is 1. The van der Waals surface area contributed by atoms with Gasteiger partial charge >= 0.3 is 0 Å². The number of rotatable bonds is 0. The molecule has 0 aromatic heterocycles. The molecule has 0 saturated carbocycles. The molecule has 1 heterocycles. The lowest BCUT2D eigenvalue weighted by Crippen LogP contribution is -2.08. The van der Waals surface area contributed by atoms with E-state index in [4.69, 9.17) is 5.21 Å². The van der Waals surface area contributed by atoms with Crippen molar-refractivity contribution in [3.05, 3.63) is 11.8 Å². The normalized spacial score (nSPS) is 19.6. The van der Waals surface area contributed by atoms with Gasteiger partial charge in [0.05, 0.1) is 0 Å². The Labute approximate surface area is 48.7 Å². The summed E-state index contributed by atoms with van der Waals surface area (Å²) >= 11 is 0. The van der Waals surface area contributed by atoms with Gasteiger partial charge in [-0.2, -0.15) is 0 Å². The van der Waals surface area contributed by atoms with Crippen LogP contribution in [0, 0.1) is 0 Å². The van der Waals surface area contributed by atoms with E-state index in [0.29, 0.717) is 0 Å². The van der Waals surface area contributed by atoms with Gasteiger partial charge in [0, 0.05) is 13.3 Å². The van der Waals surface area contributed by atoms with E-state index in [-0.39, 0.29) is 0 Å². The summed E-state index contributed by atoms with van der Waals surface area (Å²) in [5.74, 6) is 0. The van der Waals surface area contributed by atoms with E-state index in [0.717, 1.165) is 18.5 Å². The van der Waals surface area contributed by atoms with E-state index in [1.54, 1.807) is 6.21 Å². The molecule has 2 nitrogen and oxygen atoms in total. The van der Waals surface area contributed by atoms with E-state index in [2.05, 4.69) is 0 Å². The van der Waals surface area contributed by atoms with Gasteiger partial charge in [0.2, 0.25) is 5.70 Å². The van der Waals surface area contributed by atoms with Crippen molar-refractivity contribution < 1.29 is 9.95 Å². The SMILES string of the molecule is CC1=CCCC=[N+]1O. The Morgan fingerprint density at radius 3 is 2.75 bits per heavy atom. The molecule has 0 saturated heterocycles. The van der Waals surface area contributed by atoms with Crippen molar-refractivity contribution in [2.45, 2.75) is 19.8 Å². The van der Waals surface area contributed by atoms with Crippen molar-refractivity contribution in [1.82, 2.24) is 0 Å². The van der Waals surface area contributed by atoms with Gasteiger partial charge in [-0.1, -0.05) is 0 Å². The zero-order valence-electron chi connectivity index (χ0n) is 4.96. The van der Waals surface area contributed by atoms with E-state index >= 15 is 0 Å². The second-order valence-electron chi connectivity index (χ2n) is 1.95. The molecule has 1 aliphatic rings. The second-order valence-corrected chi connectivity index (χ2v) is 1.95. The first-order chi connectivity index (χ1) is 3.80. The highest BCUT2D eigenvalue weighted by molar-refractivity contribution is 5.52. The van der Waals surface area contributed by atoms with Gasteiger partial charge in [-0.25, -0.2) is 0 Å². The summed E-state index contributed by atoms with van der Waals surface area (Å²) in [7, 11) is 0. The van der Waals surface area contributed by atoms with Gasteiger partial charge in [0.1, 0.15) is 0 Å². The van der Waals surface area contributed by atoms with E-state index in [9.17, 15) is 0 Å². The first kappa shape index (κ1) is 5.35. The monoisotopic (exact) mass is 112 g/mol. The molecule has 0 aliphatic carbocycles. The average molecular weight is 112 g/mol. The van der Waals surface area contributed by atoms with Crippen LogP contribution in [-0.4, -0.2) is 16.2 Å². The first-order valence-electron chi connectivity index (χ1n) is 2.79. The molecule has 8 heavy (non-hydrogen) atoms. The highest BCUT2D eigenvalue weighted by atomic mass is 16.5. The Balaban J connectivity index is 2.73. The smallest absolute Gasteiger partial charge is 0.226 e. The maximum atomic E-state index is 8.89. The van der Waals surface area contributed by atoms with E-state index < -0.39 is 0 Å². The Morgan fingerprint density at radius 2 is 2.38 bits per heavy atom. The molecule has 1 aliphatic heterocycles. The summed E-state index contributed by atoms with van der Waals surface area (Å²) in [5.41, 5.74) is 0.927. The Morgan fingerprint density at radius 1 is 1.62 bits per heavy atom. The number of nitrogens with zero attached hydrogens (tertiary/aromatic N) is 1. The van der Waals surface area contributed by atoms with Crippen molar-refractivity contribution in [2.75, 3.05) is 0 Å². The van der Waals surface area contributed by atoms with Crippen LogP contribution in [0.25, 0.3) is 0 Å². The van der Waals surface area contributed by atoms with Crippen LogP contribution < -0.4 is 0 Å². The van der Waals surface area contributed by atoms with Crippen LogP contribution in [0.4, 0.5) is 0 Å². The van der Waals surface area contributed by atoms with Gasteiger partial charge < -0.3 is 0 Å². The first-order valence-corrected chi connectivity index (χ1v) is 2.79. The molecule has 0 aromatic carbocycles. The molecule has 44 valence electrons. The largest absolute Gasteiger partial charge is 0.285 e. The number of hydrogen-bond donors (Lipinski definition) is 1. The fourth-order valence-electron chi connectivity index (χ4n) is 0.727. The predicted octanol–water partition coefficient (Wildman–Crippen LogP) is 1.16. The molecule has 0 aromatic rings. The Hall–Kier alpha value is -0.790. The standard InChI is InChI=1S/C6H10NO/c1-6-4-2-3-5-7(6)8/h4-5,8H,2-3H2,1H3/q+1. The molecule has 0 radical (unpaired) electrons. The predicted molar refractivity (Wildman–Crippen MR) is 31.1 cm³/mol. The van der Waals surface area contributed by atoms with Crippen molar-refractivity contribution in [3.8, 4) is 0 Å². The van der Waals surface area contributed by atoms with Crippen LogP contribution in [-0.2, 0) is 0 Å². The molecular weight excluding hydrogens is 102 g/mol. The molecular formula is C6H10NO+. The van der Waals surface area contributed by atoms with Crippen molar-refractivity contribution in [3.63, 3.8) is 0 Å². The third-order valence-electron chi connectivity index (χ3n) is 1.27. The van der Waals surface area contributed by atoms with Crippen LogP contribution in [0.2, 0.25) is 0 Å². The summed E-state index contributed by atoms with van der Waals surface area (Å²) in [4.78, 5) is 0. The maximum Gasteiger partial charge on any atom is 0.226 e. The molecule has 0 unspecified atom stereocenters. The number of allylic oxidation sites excluding steroid dienone is 2. The zero-order valence-corrected chi connectivity index (χ0v) is 4.96. The van der Waals surface area contributed by atoms with Gasteiger partial charge in [-0.3, -0.25) is 5.21 Å². The van der Waals surface area contributed by atoms with Gasteiger partial charge in [0.15, 0.2) is 6.21 Å². The lowest BCUT2D eigenvalue weighted by molar-refractivity contribution is -0.736. The Bertz CT molecular complexity index is 129. The van der Waals surface area contributed by atoms with E-state index in [1.807, 2.05) is 13.0 Å². The maximum absolute atomic E-state index is 8.89. The fraction of sp³-hybridized carbons (Fsp3) is 0.500. The number of hydrogen-bond acceptors (Lipinski definition) is 1. The third-order valence-corrected chi connectivity index (χ3v) is 1.27. The molecule has 0 bridgehead atoms. The zero-order chi connectivity index (χ0) is 5.98. The molecule has 0 fully saturated rings. The average Bonchev–Trinajstić information content (AvgIpc) is 1.77. The van der Waals surface area contributed by atoms with Gasteiger partial charge in [-0.15, -0.1) is 0 Å². The fourth-order valence-corrected chi connectivity index (χ4v) is 0.727. The molecule has 0 atom stereocenters. The summed E-state index contributed by atoms with van der Waals surface area (Å²) in [6, 6.07) is 0. The van der Waals surface area contributed by atoms with Crippen molar-refractivity contribution in [1.29, 1.82) is 0 Å². The topological polar surface area (TPSA) is 23.2 Å². The molecule has 1 N–H and O–H groups in total. The highest BCUT2D eigenvalue weighted by Gasteiger charge is 2.07. The van der Waals surface area contributed by atoms with Gasteiger partial charge in [0.25, 0.3) is 0 Å². The Kier molecular flexibility index (Phi) is 1.33. The molecule has 0 amide bonds.